The Morgan fingerprint density at radius 3 is 2.92 bits per heavy atom. The number of nitrogens with zero attached hydrogens (tertiary/aromatic N) is 1. The molecule has 0 spiro atoms. The Hall–Kier alpha value is -3.26. The number of thiazole rings is 1. The highest BCUT2D eigenvalue weighted by molar-refractivity contribution is 7.14. The molecule has 25 heavy (non-hydrogen) atoms. The first kappa shape index (κ1) is 15.3. The Balaban J connectivity index is 1.60. The number of halogens is 1. The van der Waals surface area contributed by atoms with Gasteiger partial charge in [0.15, 0.2) is 10.7 Å². The fourth-order valence-electron chi connectivity index (χ4n) is 2.38. The highest BCUT2D eigenvalue weighted by Crippen LogP contribution is 2.27. The van der Waals surface area contributed by atoms with Crippen molar-refractivity contribution in [3.8, 4) is 11.3 Å². The van der Waals surface area contributed by atoms with Gasteiger partial charge >= 0.3 is 5.76 Å². The predicted molar refractivity (Wildman–Crippen MR) is 92.3 cm³/mol. The minimum Gasteiger partial charge on any atom is -0.408 e. The number of fused-ring (bicyclic) bond motifs is 1. The predicted octanol–water partition coefficient (Wildman–Crippen LogP) is 3.64. The van der Waals surface area contributed by atoms with Gasteiger partial charge in [-0.1, -0.05) is 12.1 Å². The maximum Gasteiger partial charge on any atom is 0.417 e. The van der Waals surface area contributed by atoms with E-state index in [4.69, 9.17) is 4.42 Å². The summed E-state index contributed by atoms with van der Waals surface area (Å²) in [6.07, 6.45) is 0. The molecule has 0 fully saturated rings. The van der Waals surface area contributed by atoms with E-state index in [0.717, 1.165) is 5.56 Å². The van der Waals surface area contributed by atoms with E-state index in [1.165, 1.54) is 29.5 Å². The second-order valence-electron chi connectivity index (χ2n) is 5.20. The number of oxazole rings is 1. The fraction of sp³-hybridized carbons (Fsp3) is 0. The molecule has 1 amide bonds. The molecule has 0 atom stereocenters. The summed E-state index contributed by atoms with van der Waals surface area (Å²) in [5.74, 6) is -1.68. The molecule has 2 heterocycles. The zero-order valence-corrected chi connectivity index (χ0v) is 13.4. The summed E-state index contributed by atoms with van der Waals surface area (Å²) < 4.78 is 18.6. The van der Waals surface area contributed by atoms with Gasteiger partial charge in [0.25, 0.3) is 5.91 Å². The van der Waals surface area contributed by atoms with E-state index in [0.29, 0.717) is 21.9 Å². The van der Waals surface area contributed by atoms with Crippen LogP contribution in [0.25, 0.3) is 22.4 Å². The van der Waals surface area contributed by atoms with Crippen molar-refractivity contribution in [1.29, 1.82) is 0 Å². The number of nitrogens with one attached hydrogen (secondary N) is 2. The van der Waals surface area contributed by atoms with Crippen molar-refractivity contribution < 1.29 is 13.6 Å². The Morgan fingerprint density at radius 2 is 2.08 bits per heavy atom. The lowest BCUT2D eigenvalue weighted by Gasteiger charge is -2.02. The standard InChI is InChI=1S/C17H10FN3O3S/c18-11-4-2-1-3-10(11)15(22)21-16-19-13(8-25-16)9-5-6-14-12(7-9)20-17(23)24-14/h1-8H,(H,20,23)(H,19,21,22). The van der Waals surface area contributed by atoms with Crippen LogP contribution in [0.5, 0.6) is 0 Å². The number of amides is 1. The Morgan fingerprint density at radius 1 is 1.24 bits per heavy atom. The third-order valence-electron chi connectivity index (χ3n) is 3.56. The normalized spacial score (nSPS) is 10.9. The van der Waals surface area contributed by atoms with Crippen LogP contribution < -0.4 is 11.1 Å². The van der Waals surface area contributed by atoms with Gasteiger partial charge in [-0.05, 0) is 30.3 Å². The molecular formula is C17H10FN3O3S. The summed E-state index contributed by atoms with van der Waals surface area (Å²) in [6.45, 7) is 0. The number of aromatic nitrogens is 2. The summed E-state index contributed by atoms with van der Waals surface area (Å²) in [7, 11) is 0. The molecular weight excluding hydrogens is 345 g/mol. The number of hydrogen-bond donors (Lipinski definition) is 2. The van der Waals surface area contributed by atoms with Gasteiger partial charge in [-0.3, -0.25) is 15.1 Å². The Bertz CT molecular complexity index is 1150. The largest absolute Gasteiger partial charge is 0.417 e. The van der Waals surface area contributed by atoms with E-state index < -0.39 is 17.5 Å². The summed E-state index contributed by atoms with van der Waals surface area (Å²) >= 11 is 1.22. The number of H-pyrrole nitrogens is 1. The molecule has 0 bridgehead atoms. The number of rotatable bonds is 3. The molecule has 0 radical (unpaired) electrons. The van der Waals surface area contributed by atoms with Crippen molar-refractivity contribution in [2.24, 2.45) is 0 Å². The maximum atomic E-state index is 13.6. The van der Waals surface area contributed by atoms with Gasteiger partial charge in [0.05, 0.1) is 16.8 Å². The summed E-state index contributed by atoms with van der Waals surface area (Å²) in [6, 6.07) is 10.9. The number of carbonyl (C=O) groups is 1. The number of hydrogen-bond acceptors (Lipinski definition) is 5. The SMILES string of the molecule is O=C(Nc1nc(-c2ccc3oc(=O)[nH]c3c2)cs1)c1ccccc1F. The second kappa shape index (κ2) is 5.99. The third-order valence-corrected chi connectivity index (χ3v) is 4.32. The molecule has 0 aliphatic carbocycles. The molecule has 4 rings (SSSR count). The second-order valence-corrected chi connectivity index (χ2v) is 6.06. The van der Waals surface area contributed by atoms with Crippen molar-refractivity contribution in [1.82, 2.24) is 9.97 Å². The highest BCUT2D eigenvalue weighted by Gasteiger charge is 2.14. The Labute approximate surface area is 144 Å². The molecule has 0 unspecified atom stereocenters. The lowest BCUT2D eigenvalue weighted by molar-refractivity contribution is 0.102. The first-order valence-electron chi connectivity index (χ1n) is 7.25. The van der Waals surface area contributed by atoms with Gasteiger partial charge in [0.2, 0.25) is 0 Å². The average Bonchev–Trinajstić information content (AvgIpc) is 3.19. The van der Waals surface area contributed by atoms with Gasteiger partial charge in [-0.25, -0.2) is 14.2 Å². The molecule has 0 aliphatic rings. The molecule has 0 aliphatic heterocycles. The van der Waals surface area contributed by atoms with E-state index >= 15 is 0 Å². The monoisotopic (exact) mass is 355 g/mol. The smallest absolute Gasteiger partial charge is 0.408 e. The minimum atomic E-state index is -0.592. The lowest BCUT2D eigenvalue weighted by Crippen LogP contribution is -2.13. The van der Waals surface area contributed by atoms with Crippen LogP contribution in [0.2, 0.25) is 0 Å². The van der Waals surface area contributed by atoms with Crippen LogP contribution >= 0.6 is 11.3 Å². The number of anilines is 1. The van der Waals surface area contributed by atoms with Gasteiger partial charge in [0, 0.05) is 10.9 Å². The zero-order valence-electron chi connectivity index (χ0n) is 12.6. The number of aromatic amines is 1. The van der Waals surface area contributed by atoms with Crippen LogP contribution in [0.3, 0.4) is 0 Å². The number of carbonyl (C=O) groups excluding carboxylic acids is 1. The minimum absolute atomic E-state index is 0.0448. The molecule has 2 N–H and O–H groups in total. The van der Waals surface area contributed by atoms with E-state index in [1.54, 1.807) is 29.6 Å². The van der Waals surface area contributed by atoms with Gasteiger partial charge in [-0.2, -0.15) is 0 Å². The van der Waals surface area contributed by atoms with Crippen molar-refractivity contribution in [3.63, 3.8) is 0 Å². The molecule has 8 heteroatoms. The first-order chi connectivity index (χ1) is 12.1. The topological polar surface area (TPSA) is 88.0 Å². The van der Waals surface area contributed by atoms with Crippen LogP contribution in [-0.4, -0.2) is 15.9 Å². The average molecular weight is 355 g/mol. The van der Waals surface area contributed by atoms with E-state index in [2.05, 4.69) is 15.3 Å². The molecule has 124 valence electrons. The summed E-state index contributed by atoms with van der Waals surface area (Å²) in [5.41, 5.74) is 2.35. The quantitative estimate of drug-likeness (QED) is 0.587. The zero-order chi connectivity index (χ0) is 17.4. The van der Waals surface area contributed by atoms with Crippen molar-refractivity contribution >= 4 is 33.5 Å². The van der Waals surface area contributed by atoms with Crippen molar-refractivity contribution in [2.75, 3.05) is 5.32 Å². The fourth-order valence-corrected chi connectivity index (χ4v) is 3.10. The van der Waals surface area contributed by atoms with Crippen LogP contribution in [0.4, 0.5) is 9.52 Å². The van der Waals surface area contributed by atoms with Crippen LogP contribution in [0.1, 0.15) is 10.4 Å². The van der Waals surface area contributed by atoms with Crippen LogP contribution in [0, 0.1) is 5.82 Å². The highest BCUT2D eigenvalue weighted by atomic mass is 32.1. The molecule has 2 aromatic carbocycles. The molecule has 6 nitrogen and oxygen atoms in total. The van der Waals surface area contributed by atoms with Crippen molar-refractivity contribution in [3.05, 3.63) is 69.8 Å². The van der Waals surface area contributed by atoms with Crippen molar-refractivity contribution in [2.45, 2.75) is 0 Å². The Kier molecular flexibility index (Phi) is 3.66. The van der Waals surface area contributed by atoms with E-state index in [9.17, 15) is 14.0 Å². The number of benzene rings is 2. The van der Waals surface area contributed by atoms with Gasteiger partial charge < -0.3 is 4.42 Å². The molecule has 2 aromatic heterocycles. The van der Waals surface area contributed by atoms with Crippen LogP contribution in [0.15, 0.2) is 57.1 Å². The third kappa shape index (κ3) is 2.94. The first-order valence-corrected chi connectivity index (χ1v) is 8.13. The van der Waals surface area contributed by atoms with E-state index in [1.807, 2.05) is 0 Å². The maximum absolute atomic E-state index is 13.6. The molecule has 0 saturated carbocycles. The summed E-state index contributed by atoms with van der Waals surface area (Å²) in [5, 5.41) is 4.69. The molecule has 4 aromatic rings. The molecule has 0 saturated heterocycles. The van der Waals surface area contributed by atoms with Gasteiger partial charge in [-0.15, -0.1) is 11.3 Å². The van der Waals surface area contributed by atoms with Crippen LogP contribution in [-0.2, 0) is 0 Å². The van der Waals surface area contributed by atoms with E-state index in [-0.39, 0.29) is 5.56 Å². The summed E-state index contributed by atoms with van der Waals surface area (Å²) in [4.78, 5) is 30.2. The lowest BCUT2D eigenvalue weighted by atomic mass is 10.1. The van der Waals surface area contributed by atoms with Gasteiger partial charge in [0.1, 0.15) is 5.82 Å².